The minimum atomic E-state index is -0.440. The number of H-pyrrole nitrogens is 2. The van der Waals surface area contributed by atoms with Crippen LogP contribution in [0.3, 0.4) is 0 Å². The largest absolute Gasteiger partial charge is 0.358 e. The number of benzene rings is 1. The number of nitrogens with one attached hydrogen (secondary N) is 3. The van der Waals surface area contributed by atoms with E-state index in [-0.39, 0.29) is 17.4 Å². The molecule has 0 saturated heterocycles. The monoisotopic (exact) mass is 415 g/mol. The van der Waals surface area contributed by atoms with Gasteiger partial charge in [-0.1, -0.05) is 32.0 Å². The lowest BCUT2D eigenvalue weighted by Gasteiger charge is -2.22. The number of hydrogen-bond acceptors (Lipinski definition) is 4. The van der Waals surface area contributed by atoms with E-state index in [9.17, 15) is 9.59 Å². The maximum atomic E-state index is 13.3. The Labute approximate surface area is 180 Å². The van der Waals surface area contributed by atoms with Gasteiger partial charge in [-0.2, -0.15) is 0 Å². The van der Waals surface area contributed by atoms with Crippen LogP contribution in [0, 0.1) is 19.8 Å². The van der Waals surface area contributed by atoms with Crippen molar-refractivity contribution in [2.75, 3.05) is 0 Å². The van der Waals surface area contributed by atoms with Crippen LogP contribution in [0.5, 0.6) is 0 Å². The van der Waals surface area contributed by atoms with Gasteiger partial charge in [0.05, 0.1) is 22.8 Å². The third kappa shape index (κ3) is 3.99. The second-order valence-electron chi connectivity index (χ2n) is 8.03. The Morgan fingerprint density at radius 1 is 1.06 bits per heavy atom. The van der Waals surface area contributed by atoms with E-state index in [1.807, 2.05) is 45.9 Å². The zero-order valence-corrected chi connectivity index (χ0v) is 18.0. The minimum Gasteiger partial charge on any atom is -0.358 e. The predicted molar refractivity (Wildman–Crippen MR) is 121 cm³/mol. The van der Waals surface area contributed by atoms with Crippen LogP contribution in [0.2, 0.25) is 0 Å². The first kappa shape index (κ1) is 20.5. The topological polar surface area (TPSA) is 104 Å². The van der Waals surface area contributed by atoms with E-state index < -0.39 is 6.04 Å². The number of aryl methyl sites for hydroxylation is 2. The van der Waals surface area contributed by atoms with Crippen LogP contribution in [-0.4, -0.2) is 25.8 Å². The summed E-state index contributed by atoms with van der Waals surface area (Å²) >= 11 is 0. The molecule has 0 fully saturated rings. The highest BCUT2D eigenvalue weighted by atomic mass is 16.1. The summed E-state index contributed by atoms with van der Waals surface area (Å²) in [5, 5.41) is 4.11. The van der Waals surface area contributed by atoms with Crippen LogP contribution < -0.4 is 10.9 Å². The van der Waals surface area contributed by atoms with Crippen molar-refractivity contribution in [2.45, 2.75) is 33.7 Å². The van der Waals surface area contributed by atoms with Crippen molar-refractivity contribution in [1.29, 1.82) is 0 Å². The first-order valence-corrected chi connectivity index (χ1v) is 10.3. The first-order valence-electron chi connectivity index (χ1n) is 10.3. The molecule has 7 nitrogen and oxygen atoms in total. The Hall–Kier alpha value is -3.74. The van der Waals surface area contributed by atoms with Gasteiger partial charge in [0.15, 0.2) is 5.82 Å². The van der Waals surface area contributed by atoms with Gasteiger partial charge in [-0.3, -0.25) is 14.6 Å². The third-order valence-electron chi connectivity index (χ3n) is 5.53. The highest BCUT2D eigenvalue weighted by molar-refractivity contribution is 6.06. The zero-order valence-electron chi connectivity index (χ0n) is 18.0. The number of nitrogens with zero attached hydrogens (tertiary/aromatic N) is 2. The summed E-state index contributed by atoms with van der Waals surface area (Å²) in [6, 6.07) is 12.1. The zero-order chi connectivity index (χ0) is 22.1. The number of carbonyl (C=O) groups is 1. The molecule has 0 saturated carbocycles. The lowest BCUT2D eigenvalue weighted by Crippen LogP contribution is -2.33. The minimum absolute atomic E-state index is 0.0150. The number of rotatable bonds is 5. The summed E-state index contributed by atoms with van der Waals surface area (Å²) in [6.07, 6.45) is 1.64. The van der Waals surface area contributed by atoms with Gasteiger partial charge in [-0.15, -0.1) is 0 Å². The molecule has 0 aliphatic heterocycles. The number of carbonyl (C=O) groups excluding carboxylic acids is 1. The summed E-state index contributed by atoms with van der Waals surface area (Å²) in [6.45, 7) is 7.99. The Bertz CT molecular complexity index is 1300. The number of pyridine rings is 1. The van der Waals surface area contributed by atoms with Crippen molar-refractivity contribution in [3.8, 4) is 11.5 Å². The summed E-state index contributed by atoms with van der Waals surface area (Å²) in [7, 11) is 0. The molecule has 1 amide bonds. The molecule has 4 aromatic rings. The van der Waals surface area contributed by atoms with Gasteiger partial charge in [0, 0.05) is 23.3 Å². The van der Waals surface area contributed by atoms with Crippen molar-refractivity contribution >= 4 is 16.8 Å². The molecule has 0 bridgehead atoms. The molecule has 3 N–H and O–H groups in total. The molecule has 1 atom stereocenters. The van der Waals surface area contributed by atoms with Crippen molar-refractivity contribution in [2.24, 2.45) is 5.92 Å². The third-order valence-corrected chi connectivity index (χ3v) is 5.53. The molecule has 0 radical (unpaired) electrons. The van der Waals surface area contributed by atoms with E-state index >= 15 is 0 Å². The van der Waals surface area contributed by atoms with Gasteiger partial charge in [0.2, 0.25) is 0 Å². The molecule has 0 unspecified atom stereocenters. The molecular formula is C24H25N5O2. The van der Waals surface area contributed by atoms with Gasteiger partial charge in [0.1, 0.15) is 5.69 Å². The molecule has 3 heterocycles. The molecule has 7 heteroatoms. The average molecular weight is 415 g/mol. The Morgan fingerprint density at radius 2 is 1.87 bits per heavy atom. The van der Waals surface area contributed by atoms with Crippen LogP contribution in [0.4, 0.5) is 0 Å². The van der Waals surface area contributed by atoms with Crippen LogP contribution in [0.1, 0.15) is 47.2 Å². The average Bonchev–Trinajstić information content (AvgIpc) is 3.05. The van der Waals surface area contributed by atoms with Crippen molar-refractivity contribution < 1.29 is 4.79 Å². The number of amides is 1. The Morgan fingerprint density at radius 3 is 2.58 bits per heavy atom. The number of para-hydroxylation sites is 1. The summed E-state index contributed by atoms with van der Waals surface area (Å²) in [5.41, 5.74) is 4.31. The summed E-state index contributed by atoms with van der Waals surface area (Å²) in [5.74, 6) is 0.175. The smallest absolute Gasteiger partial charge is 0.253 e. The molecule has 158 valence electrons. The Kier molecular flexibility index (Phi) is 5.42. The van der Waals surface area contributed by atoms with Gasteiger partial charge in [0.25, 0.3) is 11.5 Å². The molecular weight excluding hydrogens is 390 g/mol. The number of aromatic nitrogens is 4. The second kappa shape index (κ2) is 8.18. The predicted octanol–water partition coefficient (Wildman–Crippen LogP) is 4.06. The summed E-state index contributed by atoms with van der Waals surface area (Å²) in [4.78, 5) is 40.5. The highest BCUT2D eigenvalue weighted by Gasteiger charge is 2.23. The van der Waals surface area contributed by atoms with Crippen LogP contribution >= 0.6 is 0 Å². The van der Waals surface area contributed by atoms with Gasteiger partial charge in [-0.25, -0.2) is 4.98 Å². The fourth-order valence-corrected chi connectivity index (χ4v) is 3.73. The molecule has 31 heavy (non-hydrogen) atoms. The quantitative estimate of drug-likeness (QED) is 0.457. The van der Waals surface area contributed by atoms with Crippen molar-refractivity contribution in [1.82, 2.24) is 25.3 Å². The van der Waals surface area contributed by atoms with Crippen molar-refractivity contribution in [3.63, 3.8) is 0 Å². The normalized spacial score (nSPS) is 12.3. The second-order valence-corrected chi connectivity index (χ2v) is 8.03. The fourth-order valence-electron chi connectivity index (χ4n) is 3.73. The molecule has 4 rings (SSSR count). The molecule has 1 aromatic carbocycles. The van der Waals surface area contributed by atoms with Gasteiger partial charge in [-0.05, 0) is 43.5 Å². The Balaban J connectivity index is 1.71. The van der Waals surface area contributed by atoms with Crippen LogP contribution in [0.25, 0.3) is 22.4 Å². The number of fused-ring (bicyclic) bond motifs is 1. The van der Waals surface area contributed by atoms with Crippen molar-refractivity contribution in [3.05, 3.63) is 81.5 Å². The number of aromatic amines is 2. The molecule has 0 aliphatic rings. The standard InChI is InChI=1S/C24H25N5O2/c1-13(2)21(19-12-20(30)28-23(27-19)18-10-5-6-11-25-18)29-24(31)17-9-7-8-16-14(3)15(4)26-22(16)17/h5-13,21,26H,1-4H3,(H,29,31)(H,27,28,30)/t21-/m0/s1. The van der Waals surface area contributed by atoms with Crippen LogP contribution in [0.15, 0.2) is 53.5 Å². The van der Waals surface area contributed by atoms with Gasteiger partial charge >= 0.3 is 0 Å². The maximum Gasteiger partial charge on any atom is 0.253 e. The first-order chi connectivity index (χ1) is 14.8. The number of hydrogen-bond donors (Lipinski definition) is 3. The highest BCUT2D eigenvalue weighted by Crippen LogP contribution is 2.26. The van der Waals surface area contributed by atoms with E-state index in [1.54, 1.807) is 24.4 Å². The maximum absolute atomic E-state index is 13.3. The molecule has 0 aliphatic carbocycles. The van der Waals surface area contributed by atoms with Crippen LogP contribution in [-0.2, 0) is 0 Å². The lowest BCUT2D eigenvalue weighted by atomic mass is 9.99. The van der Waals surface area contributed by atoms with Gasteiger partial charge < -0.3 is 15.3 Å². The summed E-state index contributed by atoms with van der Waals surface area (Å²) < 4.78 is 0. The molecule has 0 spiro atoms. The SMILES string of the molecule is Cc1[nH]c2c(C(=O)N[C@H](c3cc(=O)[nH]c(-c4ccccn4)n3)C(C)C)cccc2c1C. The van der Waals surface area contributed by atoms with E-state index in [0.29, 0.717) is 22.8 Å². The fraction of sp³-hybridized carbons (Fsp3) is 0.250. The van der Waals surface area contributed by atoms with E-state index in [0.717, 1.165) is 22.2 Å². The van der Waals surface area contributed by atoms with E-state index in [2.05, 4.69) is 25.3 Å². The van der Waals surface area contributed by atoms with E-state index in [1.165, 1.54) is 6.07 Å². The lowest BCUT2D eigenvalue weighted by molar-refractivity contribution is 0.0926. The molecule has 3 aromatic heterocycles. The van der Waals surface area contributed by atoms with E-state index in [4.69, 9.17) is 0 Å².